The fraction of sp³-hybridized carbons (Fsp3) is 0.571. The number of hydrogen-bond acceptors (Lipinski definition) is 2. The van der Waals surface area contributed by atoms with Gasteiger partial charge in [0.25, 0.3) is 0 Å². The molecule has 1 unspecified atom stereocenters. The van der Waals surface area contributed by atoms with Gasteiger partial charge in [0.2, 0.25) is 0 Å². The Morgan fingerprint density at radius 2 is 2.12 bits per heavy atom. The first-order chi connectivity index (χ1) is 8.29. The largest absolute Gasteiger partial charge is 0.372 e. The van der Waals surface area contributed by atoms with E-state index in [4.69, 9.17) is 22.1 Å². The predicted octanol–water partition coefficient (Wildman–Crippen LogP) is 3.55. The fourth-order valence-electron chi connectivity index (χ4n) is 2.44. The molecule has 94 valence electrons. The van der Waals surface area contributed by atoms with Crippen LogP contribution in [-0.4, -0.2) is 13.2 Å². The molecule has 1 aromatic carbocycles. The van der Waals surface area contributed by atoms with Gasteiger partial charge in [-0.05, 0) is 36.5 Å². The minimum Gasteiger partial charge on any atom is -0.372 e. The minimum atomic E-state index is -0.0192. The van der Waals surface area contributed by atoms with Crippen LogP contribution >= 0.6 is 11.6 Å². The smallest absolute Gasteiger partial charge is 0.0947 e. The topological polar surface area (TPSA) is 35.2 Å². The Balaban J connectivity index is 1.91. The van der Waals surface area contributed by atoms with Crippen molar-refractivity contribution in [2.24, 2.45) is 11.7 Å². The average molecular weight is 254 g/mol. The number of rotatable bonds is 5. The highest BCUT2D eigenvalue weighted by Gasteiger charge is 2.18. The molecular formula is C14H20ClNO. The van der Waals surface area contributed by atoms with Crippen molar-refractivity contribution >= 4 is 11.6 Å². The minimum absolute atomic E-state index is 0.0192. The lowest BCUT2D eigenvalue weighted by molar-refractivity contribution is 0.0346. The molecule has 1 aliphatic rings. The highest BCUT2D eigenvalue weighted by molar-refractivity contribution is 6.30. The molecule has 1 aliphatic carbocycles. The molecule has 17 heavy (non-hydrogen) atoms. The van der Waals surface area contributed by atoms with Crippen molar-refractivity contribution in [3.05, 3.63) is 34.9 Å². The Morgan fingerprint density at radius 1 is 1.35 bits per heavy atom. The molecule has 3 heteroatoms. The van der Waals surface area contributed by atoms with E-state index in [0.29, 0.717) is 6.54 Å². The van der Waals surface area contributed by atoms with E-state index in [0.717, 1.165) is 23.1 Å². The maximum Gasteiger partial charge on any atom is 0.0947 e. The van der Waals surface area contributed by atoms with E-state index in [1.807, 2.05) is 24.3 Å². The number of ether oxygens (including phenoxy) is 1. The molecule has 1 saturated carbocycles. The number of halogens is 1. The van der Waals surface area contributed by atoms with Gasteiger partial charge in [0.15, 0.2) is 0 Å². The number of benzene rings is 1. The maximum atomic E-state index is 5.98. The van der Waals surface area contributed by atoms with E-state index in [1.165, 1.54) is 25.7 Å². The Kier molecular flexibility index (Phi) is 4.84. The number of hydrogen-bond donors (Lipinski definition) is 1. The molecule has 0 radical (unpaired) electrons. The second-order valence-electron chi connectivity index (χ2n) is 4.76. The van der Waals surface area contributed by atoms with Crippen LogP contribution in [0.2, 0.25) is 5.02 Å². The van der Waals surface area contributed by atoms with Crippen LogP contribution in [0.3, 0.4) is 0 Å². The van der Waals surface area contributed by atoms with Crippen LogP contribution in [-0.2, 0) is 4.74 Å². The van der Waals surface area contributed by atoms with Crippen molar-refractivity contribution < 1.29 is 4.74 Å². The third-order valence-electron chi connectivity index (χ3n) is 3.44. The SMILES string of the molecule is NCC(OCC1CCCC1)c1cccc(Cl)c1. The highest BCUT2D eigenvalue weighted by Crippen LogP contribution is 2.27. The van der Waals surface area contributed by atoms with Gasteiger partial charge < -0.3 is 10.5 Å². The standard InChI is InChI=1S/C14H20ClNO/c15-13-7-3-6-12(8-13)14(9-16)17-10-11-4-1-2-5-11/h3,6-8,11,14H,1-2,4-5,9-10,16H2. The van der Waals surface area contributed by atoms with Crippen molar-refractivity contribution in [3.63, 3.8) is 0 Å². The van der Waals surface area contributed by atoms with E-state index >= 15 is 0 Å². The molecule has 0 aliphatic heterocycles. The van der Waals surface area contributed by atoms with Crippen molar-refractivity contribution in [1.82, 2.24) is 0 Å². The molecule has 0 heterocycles. The van der Waals surface area contributed by atoms with Gasteiger partial charge in [-0.15, -0.1) is 0 Å². The molecule has 2 N–H and O–H groups in total. The first-order valence-corrected chi connectivity index (χ1v) is 6.74. The molecule has 2 rings (SSSR count). The molecule has 0 spiro atoms. The third-order valence-corrected chi connectivity index (χ3v) is 3.68. The summed E-state index contributed by atoms with van der Waals surface area (Å²) in [6.07, 6.45) is 5.27. The van der Waals surface area contributed by atoms with Gasteiger partial charge in [0, 0.05) is 11.6 Å². The van der Waals surface area contributed by atoms with E-state index in [-0.39, 0.29) is 6.10 Å². The van der Waals surface area contributed by atoms with E-state index in [1.54, 1.807) is 0 Å². The number of nitrogens with two attached hydrogens (primary N) is 1. The zero-order valence-electron chi connectivity index (χ0n) is 10.1. The zero-order chi connectivity index (χ0) is 12.1. The van der Waals surface area contributed by atoms with Crippen LogP contribution in [0.4, 0.5) is 0 Å². The summed E-state index contributed by atoms with van der Waals surface area (Å²) in [6.45, 7) is 1.33. The molecule has 0 aromatic heterocycles. The predicted molar refractivity (Wildman–Crippen MR) is 71.2 cm³/mol. The Hall–Kier alpha value is -0.570. The van der Waals surface area contributed by atoms with E-state index in [2.05, 4.69) is 0 Å². The molecule has 1 atom stereocenters. The monoisotopic (exact) mass is 253 g/mol. The van der Waals surface area contributed by atoms with Crippen molar-refractivity contribution in [3.8, 4) is 0 Å². The van der Waals surface area contributed by atoms with Gasteiger partial charge in [0.05, 0.1) is 12.7 Å². The van der Waals surface area contributed by atoms with Gasteiger partial charge in [-0.2, -0.15) is 0 Å². The van der Waals surface area contributed by atoms with E-state index < -0.39 is 0 Å². The van der Waals surface area contributed by atoms with Crippen molar-refractivity contribution in [2.45, 2.75) is 31.8 Å². The summed E-state index contributed by atoms with van der Waals surface area (Å²) in [4.78, 5) is 0. The van der Waals surface area contributed by atoms with Crippen LogP contribution in [0.1, 0.15) is 37.4 Å². The Morgan fingerprint density at radius 3 is 2.76 bits per heavy atom. The first kappa shape index (κ1) is 12.9. The lowest BCUT2D eigenvalue weighted by Gasteiger charge is -2.19. The summed E-state index contributed by atoms with van der Waals surface area (Å²) in [5.74, 6) is 0.725. The quantitative estimate of drug-likeness (QED) is 0.871. The van der Waals surface area contributed by atoms with Gasteiger partial charge in [-0.25, -0.2) is 0 Å². The molecule has 0 saturated heterocycles. The lowest BCUT2D eigenvalue weighted by Crippen LogP contribution is -2.18. The fourth-order valence-corrected chi connectivity index (χ4v) is 2.64. The zero-order valence-corrected chi connectivity index (χ0v) is 10.8. The van der Waals surface area contributed by atoms with Crippen LogP contribution < -0.4 is 5.73 Å². The van der Waals surface area contributed by atoms with Gasteiger partial charge in [-0.3, -0.25) is 0 Å². The molecule has 1 fully saturated rings. The normalized spacial score (nSPS) is 18.5. The summed E-state index contributed by atoms with van der Waals surface area (Å²) in [5.41, 5.74) is 6.85. The summed E-state index contributed by atoms with van der Waals surface area (Å²) in [5, 5.41) is 0.741. The first-order valence-electron chi connectivity index (χ1n) is 6.36. The molecule has 2 nitrogen and oxygen atoms in total. The summed E-state index contributed by atoms with van der Waals surface area (Å²) in [7, 11) is 0. The van der Waals surface area contributed by atoms with Crippen molar-refractivity contribution in [2.75, 3.05) is 13.2 Å². The Labute approximate surface area is 108 Å². The van der Waals surface area contributed by atoms with E-state index in [9.17, 15) is 0 Å². The van der Waals surface area contributed by atoms with Crippen LogP contribution in [0.25, 0.3) is 0 Å². The molecular weight excluding hydrogens is 234 g/mol. The van der Waals surface area contributed by atoms with Crippen LogP contribution in [0, 0.1) is 5.92 Å². The maximum absolute atomic E-state index is 5.98. The second kappa shape index (κ2) is 6.39. The van der Waals surface area contributed by atoms with Crippen LogP contribution in [0.15, 0.2) is 24.3 Å². The molecule has 1 aromatic rings. The molecule has 0 amide bonds. The summed E-state index contributed by atoms with van der Waals surface area (Å²) in [6, 6.07) is 7.78. The van der Waals surface area contributed by atoms with Crippen LogP contribution in [0.5, 0.6) is 0 Å². The second-order valence-corrected chi connectivity index (χ2v) is 5.20. The Bertz CT molecular complexity index is 350. The third kappa shape index (κ3) is 3.70. The molecule has 0 bridgehead atoms. The summed E-state index contributed by atoms with van der Waals surface area (Å²) >= 11 is 5.98. The van der Waals surface area contributed by atoms with Gasteiger partial charge in [-0.1, -0.05) is 36.6 Å². The van der Waals surface area contributed by atoms with Crippen molar-refractivity contribution in [1.29, 1.82) is 0 Å². The average Bonchev–Trinajstić information content (AvgIpc) is 2.83. The summed E-state index contributed by atoms with van der Waals surface area (Å²) < 4.78 is 5.93. The van der Waals surface area contributed by atoms with Gasteiger partial charge in [0.1, 0.15) is 0 Å². The van der Waals surface area contributed by atoms with Gasteiger partial charge >= 0.3 is 0 Å². The lowest BCUT2D eigenvalue weighted by atomic mass is 10.1. The highest BCUT2D eigenvalue weighted by atomic mass is 35.5.